The summed E-state index contributed by atoms with van der Waals surface area (Å²) in [5.41, 5.74) is 1.52. The first-order valence-electron chi connectivity index (χ1n) is 9.92. The number of rotatable bonds is 4. The van der Waals surface area contributed by atoms with Crippen LogP contribution in [0.1, 0.15) is 24.1 Å². The Hall–Kier alpha value is -3.43. The molecule has 1 aliphatic rings. The van der Waals surface area contributed by atoms with E-state index in [0.717, 1.165) is 31.0 Å². The summed E-state index contributed by atoms with van der Waals surface area (Å²) in [5.74, 6) is 0.879. The fourth-order valence-electron chi connectivity index (χ4n) is 4.01. The molecule has 0 bridgehead atoms. The minimum absolute atomic E-state index is 0.0443. The van der Waals surface area contributed by atoms with Gasteiger partial charge >= 0.3 is 6.18 Å². The van der Waals surface area contributed by atoms with Crippen molar-refractivity contribution in [1.29, 1.82) is 0 Å². The van der Waals surface area contributed by atoms with Crippen LogP contribution in [-0.4, -0.2) is 44.1 Å². The molecule has 1 aliphatic heterocycles. The van der Waals surface area contributed by atoms with E-state index in [1.165, 1.54) is 6.33 Å². The van der Waals surface area contributed by atoms with Crippen LogP contribution in [0, 0.1) is 6.92 Å². The van der Waals surface area contributed by atoms with Crippen molar-refractivity contribution < 1.29 is 17.9 Å². The third-order valence-corrected chi connectivity index (χ3v) is 5.49. The minimum Gasteiger partial charge on any atom is -0.491 e. The van der Waals surface area contributed by atoms with E-state index >= 15 is 0 Å². The molecule has 0 radical (unpaired) electrons. The number of benzene rings is 1. The Bertz CT molecular complexity index is 1260. The zero-order valence-electron chi connectivity index (χ0n) is 16.6. The molecule has 160 valence electrons. The molecular weight excluding hydrogens is 409 g/mol. The molecule has 1 aromatic carbocycles. The largest absolute Gasteiger partial charge is 0.491 e. The summed E-state index contributed by atoms with van der Waals surface area (Å²) in [6.07, 6.45) is 0.247. The molecule has 1 saturated heterocycles. The number of fused-ring (bicyclic) bond motifs is 2. The number of imidazole rings is 1. The normalized spacial score (nSPS) is 17.0. The Morgan fingerprint density at radius 2 is 2.06 bits per heavy atom. The lowest BCUT2D eigenvalue weighted by molar-refractivity contribution is -0.141. The molecule has 0 amide bonds. The SMILES string of the molecule is Cc1ccc2nc(C(F)(F)F)cc(OC[C@H]3CCCN3c3ncnc4[nH]cnc34)c2c1. The molecule has 0 saturated carbocycles. The van der Waals surface area contributed by atoms with Gasteiger partial charge in [-0.05, 0) is 31.9 Å². The number of halogens is 3. The van der Waals surface area contributed by atoms with E-state index in [0.29, 0.717) is 22.4 Å². The number of alkyl halides is 3. The zero-order valence-corrected chi connectivity index (χ0v) is 16.6. The lowest BCUT2D eigenvalue weighted by Gasteiger charge is -2.26. The van der Waals surface area contributed by atoms with Gasteiger partial charge < -0.3 is 14.6 Å². The molecule has 7 nitrogen and oxygen atoms in total. The number of nitrogens with zero attached hydrogens (tertiary/aromatic N) is 5. The van der Waals surface area contributed by atoms with Crippen LogP contribution in [-0.2, 0) is 6.18 Å². The second kappa shape index (κ2) is 7.36. The number of nitrogens with one attached hydrogen (secondary N) is 1. The summed E-state index contributed by atoms with van der Waals surface area (Å²) in [6, 6.07) is 6.06. The molecule has 0 spiro atoms. The minimum atomic E-state index is -4.55. The molecule has 1 fully saturated rings. The number of H-pyrrole nitrogens is 1. The van der Waals surface area contributed by atoms with Crippen LogP contribution in [0.15, 0.2) is 36.9 Å². The smallest absolute Gasteiger partial charge is 0.433 e. The molecule has 1 N–H and O–H groups in total. The standard InChI is InChI=1S/C21H19F3N6O/c1-12-4-5-15-14(7-12)16(8-17(29-15)21(22,23)24)31-9-13-3-2-6-30(13)20-18-19(26-10-25-18)27-11-28-20/h4-5,7-8,10-11,13H,2-3,6,9H2,1H3,(H,25,26,27,28)/t13-/m1/s1. The average molecular weight is 428 g/mol. The number of aromatic nitrogens is 5. The summed E-state index contributed by atoms with van der Waals surface area (Å²) in [6.45, 7) is 2.86. The maximum atomic E-state index is 13.4. The highest BCUT2D eigenvalue weighted by molar-refractivity contribution is 5.86. The molecule has 10 heteroatoms. The third-order valence-electron chi connectivity index (χ3n) is 5.49. The second-order valence-corrected chi connectivity index (χ2v) is 7.62. The third kappa shape index (κ3) is 3.62. The van der Waals surface area contributed by atoms with Crippen LogP contribution in [0.5, 0.6) is 5.75 Å². The molecule has 1 atom stereocenters. The van der Waals surface area contributed by atoms with Crippen molar-refractivity contribution in [2.24, 2.45) is 0 Å². The number of pyridine rings is 1. The Labute approximate surface area is 175 Å². The maximum absolute atomic E-state index is 13.4. The van der Waals surface area contributed by atoms with Gasteiger partial charge in [0.15, 0.2) is 11.5 Å². The monoisotopic (exact) mass is 428 g/mol. The van der Waals surface area contributed by atoms with Crippen molar-refractivity contribution in [3.05, 3.63) is 48.2 Å². The van der Waals surface area contributed by atoms with Gasteiger partial charge in [0.2, 0.25) is 0 Å². The van der Waals surface area contributed by atoms with Crippen molar-refractivity contribution in [3.63, 3.8) is 0 Å². The molecule has 3 aromatic heterocycles. The first kappa shape index (κ1) is 19.5. The van der Waals surface area contributed by atoms with Gasteiger partial charge in [0.1, 0.15) is 29.9 Å². The van der Waals surface area contributed by atoms with E-state index in [1.54, 1.807) is 24.5 Å². The van der Waals surface area contributed by atoms with Gasteiger partial charge in [-0.1, -0.05) is 11.6 Å². The predicted octanol–water partition coefficient (Wildman–Crippen LogP) is 4.28. The Morgan fingerprint density at radius 1 is 1.19 bits per heavy atom. The summed E-state index contributed by atoms with van der Waals surface area (Å²) >= 11 is 0. The van der Waals surface area contributed by atoms with E-state index < -0.39 is 11.9 Å². The van der Waals surface area contributed by atoms with Crippen LogP contribution < -0.4 is 9.64 Å². The van der Waals surface area contributed by atoms with Crippen molar-refractivity contribution in [2.75, 3.05) is 18.1 Å². The number of aryl methyl sites for hydroxylation is 1. The summed E-state index contributed by atoms with van der Waals surface area (Å²) < 4.78 is 46.1. The van der Waals surface area contributed by atoms with Gasteiger partial charge in [0, 0.05) is 18.0 Å². The number of ether oxygens (including phenoxy) is 1. The Kier molecular flexibility index (Phi) is 4.64. The van der Waals surface area contributed by atoms with E-state index in [1.807, 2.05) is 6.92 Å². The number of hydrogen-bond donors (Lipinski definition) is 1. The number of aromatic amines is 1. The molecular formula is C21H19F3N6O. The van der Waals surface area contributed by atoms with Crippen LogP contribution >= 0.6 is 0 Å². The summed E-state index contributed by atoms with van der Waals surface area (Å²) in [7, 11) is 0. The van der Waals surface area contributed by atoms with Crippen molar-refractivity contribution in [3.8, 4) is 5.75 Å². The highest BCUT2D eigenvalue weighted by atomic mass is 19.4. The van der Waals surface area contributed by atoms with E-state index in [4.69, 9.17) is 4.74 Å². The lowest BCUT2D eigenvalue weighted by Crippen LogP contribution is -2.35. The molecule has 0 unspecified atom stereocenters. The van der Waals surface area contributed by atoms with Crippen molar-refractivity contribution >= 4 is 27.9 Å². The van der Waals surface area contributed by atoms with Crippen LogP contribution in [0.2, 0.25) is 0 Å². The highest BCUT2D eigenvalue weighted by Crippen LogP contribution is 2.35. The quantitative estimate of drug-likeness (QED) is 0.523. The number of hydrogen-bond acceptors (Lipinski definition) is 6. The average Bonchev–Trinajstić information content (AvgIpc) is 3.40. The Morgan fingerprint density at radius 3 is 2.90 bits per heavy atom. The van der Waals surface area contributed by atoms with Crippen LogP contribution in [0.25, 0.3) is 22.1 Å². The zero-order chi connectivity index (χ0) is 21.6. The molecule has 31 heavy (non-hydrogen) atoms. The second-order valence-electron chi connectivity index (χ2n) is 7.62. The van der Waals surface area contributed by atoms with Crippen molar-refractivity contribution in [2.45, 2.75) is 32.0 Å². The van der Waals surface area contributed by atoms with Gasteiger partial charge in [-0.15, -0.1) is 0 Å². The van der Waals surface area contributed by atoms with Gasteiger partial charge in [-0.2, -0.15) is 13.2 Å². The molecule has 0 aliphatic carbocycles. The molecule has 4 aromatic rings. The van der Waals surface area contributed by atoms with E-state index in [2.05, 4.69) is 29.8 Å². The lowest BCUT2D eigenvalue weighted by atomic mass is 10.1. The number of anilines is 1. The first-order chi connectivity index (χ1) is 14.9. The van der Waals surface area contributed by atoms with Gasteiger partial charge in [0.05, 0.1) is 17.9 Å². The van der Waals surface area contributed by atoms with Gasteiger partial charge in [-0.25, -0.2) is 19.9 Å². The summed E-state index contributed by atoms with van der Waals surface area (Å²) in [4.78, 5) is 21.7. The summed E-state index contributed by atoms with van der Waals surface area (Å²) in [5, 5.41) is 0.564. The van der Waals surface area contributed by atoms with E-state index in [-0.39, 0.29) is 23.9 Å². The van der Waals surface area contributed by atoms with Gasteiger partial charge in [0.25, 0.3) is 0 Å². The molecule has 4 heterocycles. The first-order valence-corrected chi connectivity index (χ1v) is 9.92. The van der Waals surface area contributed by atoms with Crippen LogP contribution in [0.3, 0.4) is 0 Å². The van der Waals surface area contributed by atoms with Crippen molar-refractivity contribution in [1.82, 2.24) is 24.9 Å². The highest BCUT2D eigenvalue weighted by Gasteiger charge is 2.34. The van der Waals surface area contributed by atoms with Crippen LogP contribution in [0.4, 0.5) is 19.0 Å². The van der Waals surface area contributed by atoms with Gasteiger partial charge in [-0.3, -0.25) is 0 Å². The molecule has 5 rings (SSSR count). The topological polar surface area (TPSA) is 79.8 Å². The van der Waals surface area contributed by atoms with E-state index in [9.17, 15) is 13.2 Å². The predicted molar refractivity (Wildman–Crippen MR) is 109 cm³/mol. The maximum Gasteiger partial charge on any atom is 0.433 e. The fourth-order valence-corrected chi connectivity index (χ4v) is 4.01. The fraction of sp³-hybridized carbons (Fsp3) is 0.333. The Balaban J connectivity index is 1.46.